The normalized spacial score (nSPS) is 12.8. The van der Waals surface area contributed by atoms with Crippen LogP contribution in [0, 0.1) is 12.3 Å². The van der Waals surface area contributed by atoms with E-state index in [1.54, 1.807) is 6.92 Å². The van der Waals surface area contributed by atoms with Crippen molar-refractivity contribution in [1.29, 1.82) is 0 Å². The molecule has 0 aromatic heterocycles. The molecule has 0 saturated carbocycles. The fourth-order valence-electron chi connectivity index (χ4n) is 0.118. The molecule has 0 aromatic carbocycles. The van der Waals surface area contributed by atoms with E-state index in [2.05, 4.69) is 5.92 Å². The molecule has 0 rings (SSSR count). The van der Waals surface area contributed by atoms with Crippen molar-refractivity contribution in [2.24, 2.45) is 0 Å². The summed E-state index contributed by atoms with van der Waals surface area (Å²) in [7, 11) is 0. The number of rotatable bonds is 1. The number of terminal acetylenes is 1. The van der Waals surface area contributed by atoms with Crippen LogP contribution in [0.2, 0.25) is 0 Å². The van der Waals surface area contributed by atoms with Crippen LogP contribution in [0.3, 0.4) is 0 Å². The molecule has 1 atom stereocenters. The predicted molar refractivity (Wildman–Crippen MR) is 23.6 cm³/mol. The summed E-state index contributed by atoms with van der Waals surface area (Å²) in [6.45, 7) is 1.78. The van der Waals surface area contributed by atoms with Crippen molar-refractivity contribution < 1.29 is 5.11 Å². The van der Waals surface area contributed by atoms with Crippen LogP contribution in [0.1, 0.15) is 13.3 Å². The van der Waals surface area contributed by atoms with E-state index in [0.29, 0.717) is 6.42 Å². The number of hydrogen-bond acceptors (Lipinski definition) is 0. The molecule has 0 N–H and O–H groups in total. The first-order chi connectivity index (χ1) is 2.81. The molecule has 0 bridgehead atoms. The molecule has 6 heavy (non-hydrogen) atoms. The lowest BCUT2D eigenvalue weighted by atomic mass is 10.3. The quantitative estimate of drug-likeness (QED) is 0.418. The van der Waals surface area contributed by atoms with E-state index in [9.17, 15) is 5.11 Å². The lowest BCUT2D eigenvalue weighted by Gasteiger charge is -1.86. The Morgan fingerprint density at radius 1 is 2.00 bits per heavy atom. The van der Waals surface area contributed by atoms with Crippen molar-refractivity contribution in [3.8, 4) is 12.3 Å². The lowest BCUT2D eigenvalue weighted by Crippen LogP contribution is -1.94. The van der Waals surface area contributed by atoms with Crippen LogP contribution in [0.15, 0.2) is 0 Å². The van der Waals surface area contributed by atoms with Gasteiger partial charge in [-0.05, 0) is 6.42 Å². The van der Waals surface area contributed by atoms with E-state index < -0.39 is 6.10 Å². The highest BCUT2D eigenvalue weighted by Crippen LogP contribution is 1.83. The Bertz CT molecular complexity index is 60.8. The minimum Gasteiger partial charge on any atom is -0.219 e. The van der Waals surface area contributed by atoms with Gasteiger partial charge in [-0.15, -0.1) is 6.42 Å². The molecule has 1 radical (unpaired) electrons. The van der Waals surface area contributed by atoms with Crippen LogP contribution in [-0.4, -0.2) is 6.10 Å². The molecule has 0 unspecified atom stereocenters. The third-order valence-electron chi connectivity index (χ3n) is 0.557. The van der Waals surface area contributed by atoms with E-state index in [1.807, 2.05) is 0 Å². The van der Waals surface area contributed by atoms with Crippen LogP contribution >= 0.6 is 0 Å². The van der Waals surface area contributed by atoms with Gasteiger partial charge in [-0.25, -0.2) is 5.11 Å². The number of hydrogen-bond donors (Lipinski definition) is 0. The first kappa shape index (κ1) is 5.52. The van der Waals surface area contributed by atoms with Crippen molar-refractivity contribution in [3.05, 3.63) is 0 Å². The second kappa shape index (κ2) is 2.74. The van der Waals surface area contributed by atoms with Crippen molar-refractivity contribution in [1.82, 2.24) is 0 Å². The summed E-state index contributed by atoms with van der Waals surface area (Å²) in [5.41, 5.74) is 0. The van der Waals surface area contributed by atoms with Gasteiger partial charge in [0.25, 0.3) is 0 Å². The van der Waals surface area contributed by atoms with Crippen LogP contribution in [0.4, 0.5) is 0 Å². The summed E-state index contributed by atoms with van der Waals surface area (Å²) >= 11 is 0. The molecule has 33 valence electrons. The fraction of sp³-hybridized carbons (Fsp3) is 0.600. The monoisotopic (exact) mass is 83.0 g/mol. The van der Waals surface area contributed by atoms with Gasteiger partial charge in [-0.2, -0.15) is 0 Å². The molecule has 0 heterocycles. The summed E-state index contributed by atoms with van der Waals surface area (Å²) in [4.78, 5) is 0. The Labute approximate surface area is 38.0 Å². The van der Waals surface area contributed by atoms with Gasteiger partial charge in [0.15, 0.2) is 6.10 Å². The largest absolute Gasteiger partial charge is 0.219 e. The molecule has 0 spiro atoms. The zero-order valence-corrected chi connectivity index (χ0v) is 3.77. The summed E-state index contributed by atoms with van der Waals surface area (Å²) in [5.74, 6) is 2.06. The van der Waals surface area contributed by atoms with Gasteiger partial charge in [0.1, 0.15) is 0 Å². The molecule has 0 saturated heterocycles. The average Bonchev–Trinajstić information content (AvgIpc) is 1.65. The maximum Gasteiger partial charge on any atom is 0.153 e. The molecule has 0 amide bonds. The Morgan fingerprint density at radius 2 is 2.50 bits per heavy atom. The predicted octanol–water partition coefficient (Wildman–Crippen LogP) is 0.829. The first-order valence-electron chi connectivity index (χ1n) is 1.93. The summed E-state index contributed by atoms with van der Waals surface area (Å²) in [5, 5.41) is 10.0. The highest BCUT2D eigenvalue weighted by Gasteiger charge is 1.90. The molecule has 1 nitrogen and oxygen atoms in total. The third kappa shape index (κ3) is 1.80. The van der Waals surface area contributed by atoms with Crippen LogP contribution < -0.4 is 0 Å². The highest BCUT2D eigenvalue weighted by molar-refractivity contribution is 4.91. The Balaban J connectivity index is 3.04. The Kier molecular flexibility index (Phi) is 2.52. The zero-order chi connectivity index (χ0) is 4.99. The van der Waals surface area contributed by atoms with Crippen LogP contribution in [0.5, 0.6) is 0 Å². The molecule has 1 heteroatoms. The lowest BCUT2D eigenvalue weighted by molar-refractivity contribution is 0.135. The van der Waals surface area contributed by atoms with Gasteiger partial charge >= 0.3 is 0 Å². The summed E-state index contributed by atoms with van der Waals surface area (Å²) < 4.78 is 0. The van der Waals surface area contributed by atoms with Gasteiger partial charge in [0.2, 0.25) is 0 Å². The highest BCUT2D eigenvalue weighted by atomic mass is 16.3. The maximum absolute atomic E-state index is 10.0. The summed E-state index contributed by atoms with van der Waals surface area (Å²) in [6, 6.07) is 0. The van der Waals surface area contributed by atoms with Crippen molar-refractivity contribution in [2.45, 2.75) is 19.4 Å². The van der Waals surface area contributed by atoms with E-state index >= 15 is 0 Å². The second-order valence-corrected chi connectivity index (χ2v) is 1.06. The van der Waals surface area contributed by atoms with Crippen molar-refractivity contribution in [2.75, 3.05) is 0 Å². The fourth-order valence-corrected chi connectivity index (χ4v) is 0.118. The molecule has 0 aromatic rings. The summed E-state index contributed by atoms with van der Waals surface area (Å²) in [6.07, 6.45) is 4.47. The van der Waals surface area contributed by atoms with Crippen molar-refractivity contribution in [3.63, 3.8) is 0 Å². The van der Waals surface area contributed by atoms with Gasteiger partial charge < -0.3 is 0 Å². The Morgan fingerprint density at radius 3 is 2.50 bits per heavy atom. The van der Waals surface area contributed by atoms with Crippen LogP contribution in [0.25, 0.3) is 0 Å². The van der Waals surface area contributed by atoms with E-state index in [1.165, 1.54) is 0 Å². The van der Waals surface area contributed by atoms with E-state index in [-0.39, 0.29) is 0 Å². The standard InChI is InChI=1S/C5H7O/c1-3-5(6)4-2/h1,5H,4H2,2H3/t5-/m1/s1. The Hall–Kier alpha value is -0.480. The minimum atomic E-state index is -0.787. The van der Waals surface area contributed by atoms with E-state index in [0.717, 1.165) is 0 Å². The van der Waals surface area contributed by atoms with Gasteiger partial charge in [-0.1, -0.05) is 12.8 Å². The SMILES string of the molecule is C#C[C@@H]([O])CC. The molecular formula is C5H7O. The van der Waals surface area contributed by atoms with Crippen LogP contribution in [-0.2, 0) is 5.11 Å². The maximum atomic E-state index is 10.0. The van der Waals surface area contributed by atoms with E-state index in [4.69, 9.17) is 6.42 Å². The first-order valence-corrected chi connectivity index (χ1v) is 1.93. The minimum absolute atomic E-state index is 0.538. The topological polar surface area (TPSA) is 19.9 Å². The van der Waals surface area contributed by atoms with Gasteiger partial charge in [0.05, 0.1) is 0 Å². The average molecular weight is 83.1 g/mol. The smallest absolute Gasteiger partial charge is 0.153 e. The molecule has 0 aliphatic rings. The second-order valence-electron chi connectivity index (χ2n) is 1.06. The molecule has 0 fully saturated rings. The molecule has 0 aliphatic carbocycles. The van der Waals surface area contributed by atoms with Gasteiger partial charge in [0, 0.05) is 0 Å². The molecular weight excluding hydrogens is 76.1 g/mol. The zero-order valence-electron chi connectivity index (χ0n) is 3.77. The molecule has 0 aliphatic heterocycles. The van der Waals surface area contributed by atoms with Crippen molar-refractivity contribution >= 4 is 0 Å². The van der Waals surface area contributed by atoms with Gasteiger partial charge in [-0.3, -0.25) is 0 Å². The third-order valence-corrected chi connectivity index (χ3v) is 0.557.